The van der Waals surface area contributed by atoms with Gasteiger partial charge in [-0.1, -0.05) is 18.5 Å². The van der Waals surface area contributed by atoms with Gasteiger partial charge in [0.1, 0.15) is 17.9 Å². The van der Waals surface area contributed by atoms with E-state index >= 15 is 0 Å². The Labute approximate surface area is 191 Å². The van der Waals surface area contributed by atoms with Crippen LogP contribution in [0.5, 0.6) is 0 Å². The van der Waals surface area contributed by atoms with Crippen molar-refractivity contribution in [2.24, 2.45) is 0 Å². The molecule has 0 aromatic carbocycles. The maximum Gasteiger partial charge on any atom is 0.259 e. The summed E-state index contributed by atoms with van der Waals surface area (Å²) in [5.41, 5.74) is 1.49. The van der Waals surface area contributed by atoms with Gasteiger partial charge in [-0.3, -0.25) is 0 Å². The molecule has 0 N–H and O–H groups in total. The third-order valence-corrected chi connectivity index (χ3v) is 6.70. The first-order valence-electron chi connectivity index (χ1n) is 10.7. The smallest absolute Gasteiger partial charge is 0.259 e. The Bertz CT molecular complexity index is 847. The largest absolute Gasteiger partial charge is 0.374 e. The van der Waals surface area contributed by atoms with Crippen molar-refractivity contribution in [3.8, 4) is 6.07 Å². The number of hydrogen-bond donors (Lipinski definition) is 0. The van der Waals surface area contributed by atoms with Gasteiger partial charge in [0.25, 0.3) is 8.53 Å². The highest BCUT2D eigenvalue weighted by molar-refractivity contribution is 7.44. The minimum absolute atomic E-state index is 0.254. The van der Waals surface area contributed by atoms with E-state index in [1.165, 1.54) is 0 Å². The number of pyridine rings is 1. The highest BCUT2D eigenvalue weighted by Crippen LogP contribution is 2.46. The molecule has 10 heteroatoms. The molecule has 2 aromatic heterocycles. The molecular formula is C21H33ClN5O3P. The molecule has 0 radical (unpaired) electrons. The molecule has 172 valence electrons. The molecule has 0 aliphatic rings. The van der Waals surface area contributed by atoms with E-state index in [1.54, 1.807) is 6.20 Å². The van der Waals surface area contributed by atoms with Gasteiger partial charge in [-0.05, 0) is 40.2 Å². The second-order valence-electron chi connectivity index (χ2n) is 7.61. The van der Waals surface area contributed by atoms with Crippen molar-refractivity contribution in [1.82, 2.24) is 19.2 Å². The van der Waals surface area contributed by atoms with E-state index in [4.69, 9.17) is 30.6 Å². The number of aromatic nitrogens is 3. The summed E-state index contributed by atoms with van der Waals surface area (Å²) in [7, 11) is -1.29. The van der Waals surface area contributed by atoms with E-state index in [0.29, 0.717) is 44.4 Å². The molecular weight excluding hydrogens is 437 g/mol. The van der Waals surface area contributed by atoms with E-state index in [0.717, 1.165) is 23.4 Å². The molecule has 0 aliphatic carbocycles. The van der Waals surface area contributed by atoms with E-state index in [9.17, 15) is 0 Å². The lowest BCUT2D eigenvalue weighted by Crippen LogP contribution is -2.34. The highest BCUT2D eigenvalue weighted by Gasteiger charge is 2.27. The van der Waals surface area contributed by atoms with Gasteiger partial charge in [0.15, 0.2) is 5.65 Å². The van der Waals surface area contributed by atoms with Gasteiger partial charge in [0.2, 0.25) is 0 Å². The van der Waals surface area contributed by atoms with E-state index in [1.807, 2.05) is 10.6 Å². The van der Waals surface area contributed by atoms with Gasteiger partial charge in [-0.2, -0.15) is 5.26 Å². The normalized spacial score (nSPS) is 12.9. The fourth-order valence-electron chi connectivity index (χ4n) is 3.21. The summed E-state index contributed by atoms with van der Waals surface area (Å²) < 4.78 is 22.1. The van der Waals surface area contributed by atoms with Crippen LogP contribution >= 0.6 is 20.1 Å². The Morgan fingerprint density at radius 3 is 2.55 bits per heavy atom. The molecule has 0 amide bonds. The zero-order valence-electron chi connectivity index (χ0n) is 19.0. The van der Waals surface area contributed by atoms with Crippen LogP contribution in [0.3, 0.4) is 0 Å². The summed E-state index contributed by atoms with van der Waals surface area (Å²) >= 11 is 6.10. The van der Waals surface area contributed by atoms with Gasteiger partial charge in [0.05, 0.1) is 30.7 Å². The fraction of sp³-hybridized carbons (Fsp3) is 0.667. The molecule has 2 heterocycles. The molecule has 2 rings (SSSR count). The lowest BCUT2D eigenvalue weighted by atomic mass is 10.3. The molecule has 0 bridgehead atoms. The zero-order valence-corrected chi connectivity index (χ0v) is 20.7. The second kappa shape index (κ2) is 13.3. The number of nitrogens with zero attached hydrogens (tertiary/aromatic N) is 5. The van der Waals surface area contributed by atoms with Crippen molar-refractivity contribution in [2.75, 3.05) is 19.8 Å². The van der Waals surface area contributed by atoms with Crippen molar-refractivity contribution >= 4 is 31.3 Å². The monoisotopic (exact) mass is 469 g/mol. The molecule has 31 heavy (non-hydrogen) atoms. The summed E-state index contributed by atoms with van der Waals surface area (Å²) in [6, 6.07) is 4.44. The lowest BCUT2D eigenvalue weighted by Gasteiger charge is -2.35. The van der Waals surface area contributed by atoms with Crippen molar-refractivity contribution in [2.45, 2.75) is 72.7 Å². The maximum atomic E-state index is 8.86. The van der Waals surface area contributed by atoms with Crippen LogP contribution in [-0.4, -0.2) is 51.1 Å². The first-order chi connectivity index (χ1) is 14.9. The predicted octanol–water partition coefficient (Wildman–Crippen LogP) is 5.30. The molecule has 0 spiro atoms. The van der Waals surface area contributed by atoms with Crippen LogP contribution in [0.2, 0.25) is 5.02 Å². The van der Waals surface area contributed by atoms with Crippen molar-refractivity contribution < 1.29 is 13.8 Å². The number of rotatable bonds is 14. The minimum atomic E-state index is -1.29. The molecule has 0 saturated heterocycles. The number of ether oxygens (including phenoxy) is 1. The van der Waals surface area contributed by atoms with E-state index in [2.05, 4.69) is 55.3 Å². The fourth-order valence-corrected chi connectivity index (χ4v) is 4.94. The van der Waals surface area contributed by atoms with Crippen LogP contribution < -0.4 is 0 Å². The summed E-state index contributed by atoms with van der Waals surface area (Å²) in [5, 5.41) is 9.41. The van der Waals surface area contributed by atoms with Gasteiger partial charge in [-0.25, -0.2) is 14.6 Å². The van der Waals surface area contributed by atoms with Gasteiger partial charge >= 0.3 is 0 Å². The van der Waals surface area contributed by atoms with Crippen molar-refractivity contribution in [1.29, 1.82) is 5.26 Å². The molecule has 8 nitrogen and oxygen atoms in total. The maximum absolute atomic E-state index is 8.86. The van der Waals surface area contributed by atoms with Gasteiger partial charge in [0, 0.05) is 31.4 Å². The van der Waals surface area contributed by atoms with Crippen LogP contribution in [0.25, 0.3) is 11.2 Å². The molecule has 0 saturated carbocycles. The minimum Gasteiger partial charge on any atom is -0.374 e. The van der Waals surface area contributed by atoms with Crippen LogP contribution in [0, 0.1) is 11.3 Å². The average molecular weight is 470 g/mol. The first kappa shape index (κ1) is 25.9. The Morgan fingerprint density at radius 2 is 1.90 bits per heavy atom. The van der Waals surface area contributed by atoms with Crippen molar-refractivity contribution in [3.05, 3.63) is 23.1 Å². The van der Waals surface area contributed by atoms with Crippen LogP contribution in [-0.2, 0) is 26.9 Å². The Hall–Kier alpha value is -1.33. The highest BCUT2D eigenvalue weighted by atomic mass is 35.5. The van der Waals surface area contributed by atoms with Crippen LogP contribution in [0.4, 0.5) is 0 Å². The second-order valence-corrected chi connectivity index (χ2v) is 9.50. The third-order valence-electron chi connectivity index (χ3n) is 4.39. The number of fused-ring (bicyclic) bond motifs is 1. The van der Waals surface area contributed by atoms with Gasteiger partial charge < -0.3 is 18.4 Å². The summed E-state index contributed by atoms with van der Waals surface area (Å²) in [6.07, 6.45) is 2.90. The zero-order chi connectivity index (χ0) is 22.8. The molecule has 1 atom stereocenters. The molecule has 1 unspecified atom stereocenters. The van der Waals surface area contributed by atoms with Gasteiger partial charge in [-0.15, -0.1) is 0 Å². The molecule has 2 aromatic rings. The topological polar surface area (TPSA) is 85.4 Å². The number of hydrogen-bond acceptors (Lipinski definition) is 7. The number of halogens is 1. The first-order valence-corrected chi connectivity index (χ1v) is 12.2. The van der Waals surface area contributed by atoms with Crippen LogP contribution in [0.1, 0.15) is 53.3 Å². The number of nitriles is 1. The average Bonchev–Trinajstić information content (AvgIpc) is 3.04. The van der Waals surface area contributed by atoms with Crippen LogP contribution in [0.15, 0.2) is 12.3 Å². The number of imidazole rings is 1. The summed E-state index contributed by atoms with van der Waals surface area (Å²) in [4.78, 5) is 9.12. The SMILES string of the molecule is CCCOCc1nc2cc(Cl)cnc2n1CCOP(OCCC#N)N(C(C)C)C(C)C. The Morgan fingerprint density at radius 1 is 1.19 bits per heavy atom. The summed E-state index contributed by atoms with van der Waals surface area (Å²) in [5.74, 6) is 0.793. The van der Waals surface area contributed by atoms with Crippen molar-refractivity contribution in [3.63, 3.8) is 0 Å². The standard InChI is InChI=1S/C21H33ClN5O3P/c1-6-10-28-15-20-25-19-13-18(22)14-24-21(19)26(20)9-12-30-31(29-11-7-8-23)27(16(2)3)17(4)5/h13-14,16-17H,6-7,9-12,15H2,1-5H3. The summed E-state index contributed by atoms with van der Waals surface area (Å²) in [6.45, 7) is 12.9. The van der Waals surface area contributed by atoms with E-state index < -0.39 is 8.53 Å². The quantitative estimate of drug-likeness (QED) is 0.274. The molecule has 0 aliphatic heterocycles. The predicted molar refractivity (Wildman–Crippen MR) is 124 cm³/mol. The van der Waals surface area contributed by atoms with E-state index in [-0.39, 0.29) is 12.1 Å². The molecule has 0 fully saturated rings. The third kappa shape index (κ3) is 7.64. The Kier molecular flexibility index (Phi) is 11.1. The lowest BCUT2D eigenvalue weighted by molar-refractivity contribution is 0.112. The Balaban J connectivity index is 2.16.